The number of nitro groups is 1. The first-order valence-electron chi connectivity index (χ1n) is 6.32. The second-order valence-electron chi connectivity index (χ2n) is 4.56. The predicted octanol–water partition coefficient (Wildman–Crippen LogP) is 1.50. The van der Waals surface area contributed by atoms with Crippen molar-refractivity contribution in [3.05, 3.63) is 46.0 Å². The van der Waals surface area contributed by atoms with Gasteiger partial charge in [0.1, 0.15) is 0 Å². The van der Waals surface area contributed by atoms with Gasteiger partial charge in [0.2, 0.25) is 5.88 Å². The molecule has 0 amide bonds. The summed E-state index contributed by atoms with van der Waals surface area (Å²) in [7, 11) is 0. The van der Waals surface area contributed by atoms with Gasteiger partial charge < -0.3 is 15.0 Å². The Balaban J connectivity index is 1.95. The number of aromatic nitrogens is 1. The van der Waals surface area contributed by atoms with Crippen molar-refractivity contribution in [1.29, 1.82) is 0 Å². The van der Waals surface area contributed by atoms with Gasteiger partial charge in [-0.1, -0.05) is 6.07 Å². The van der Waals surface area contributed by atoms with Gasteiger partial charge in [-0.05, 0) is 5.56 Å². The topological polar surface area (TPSA) is 80.5 Å². The summed E-state index contributed by atoms with van der Waals surface area (Å²) in [5, 5.41) is 13.4. The van der Waals surface area contributed by atoms with Crippen molar-refractivity contribution in [2.75, 3.05) is 19.7 Å². The van der Waals surface area contributed by atoms with Gasteiger partial charge in [0.15, 0.2) is 12.4 Å². The van der Waals surface area contributed by atoms with Gasteiger partial charge in [-0.3, -0.25) is 10.1 Å². The van der Waals surface area contributed by atoms with Gasteiger partial charge in [0, 0.05) is 31.9 Å². The van der Waals surface area contributed by atoms with Crippen LogP contribution in [0.4, 0.5) is 13.2 Å². The van der Waals surface area contributed by atoms with Crippen molar-refractivity contribution in [3.63, 3.8) is 0 Å². The number of nitrogens with zero attached hydrogens (tertiary/aromatic N) is 3. The van der Waals surface area contributed by atoms with Crippen molar-refractivity contribution in [2.45, 2.75) is 12.7 Å². The lowest BCUT2D eigenvalue weighted by molar-refractivity contribution is -0.404. The normalized spacial score (nSPS) is 16.7. The average Bonchev–Trinajstić information content (AvgIpc) is 2.83. The molecule has 0 bridgehead atoms. The van der Waals surface area contributed by atoms with Crippen LogP contribution >= 0.6 is 0 Å². The van der Waals surface area contributed by atoms with Crippen molar-refractivity contribution >= 4 is 0 Å². The summed E-state index contributed by atoms with van der Waals surface area (Å²) in [6.45, 7) is 0.135. The summed E-state index contributed by atoms with van der Waals surface area (Å²) in [4.78, 5) is 15.5. The highest BCUT2D eigenvalue weighted by atomic mass is 19.4. The molecule has 0 spiro atoms. The van der Waals surface area contributed by atoms with Crippen LogP contribution in [-0.2, 0) is 6.54 Å². The summed E-state index contributed by atoms with van der Waals surface area (Å²) in [6, 6.07) is 2.91. The highest BCUT2D eigenvalue weighted by Gasteiger charge is 2.28. The Morgan fingerprint density at radius 1 is 1.50 bits per heavy atom. The Kier molecular flexibility index (Phi) is 4.68. The molecule has 2 heterocycles. The number of nitrogens with one attached hydrogen (secondary N) is 1. The molecule has 1 aliphatic heterocycles. The van der Waals surface area contributed by atoms with Gasteiger partial charge in [-0.15, -0.1) is 0 Å². The first-order chi connectivity index (χ1) is 10.3. The number of rotatable bonds is 5. The summed E-state index contributed by atoms with van der Waals surface area (Å²) in [5.41, 5.74) is 0.706. The van der Waals surface area contributed by atoms with E-state index in [0.717, 1.165) is 6.20 Å². The van der Waals surface area contributed by atoms with E-state index < -0.39 is 17.7 Å². The van der Waals surface area contributed by atoms with Crippen molar-refractivity contribution in [3.8, 4) is 5.88 Å². The fourth-order valence-corrected chi connectivity index (χ4v) is 1.91. The number of hydrogen-bond donors (Lipinski definition) is 1. The van der Waals surface area contributed by atoms with Gasteiger partial charge in [0.05, 0.1) is 4.92 Å². The van der Waals surface area contributed by atoms with Crippen molar-refractivity contribution in [1.82, 2.24) is 15.2 Å². The minimum atomic E-state index is -4.41. The van der Waals surface area contributed by atoms with Crippen LogP contribution in [0.2, 0.25) is 0 Å². The van der Waals surface area contributed by atoms with E-state index in [4.69, 9.17) is 0 Å². The molecule has 0 unspecified atom stereocenters. The lowest BCUT2D eigenvalue weighted by Gasteiger charge is -2.17. The Hall–Kier alpha value is -2.52. The van der Waals surface area contributed by atoms with E-state index in [-0.39, 0.29) is 5.88 Å². The fraction of sp³-hybridized carbons (Fsp3) is 0.417. The van der Waals surface area contributed by atoms with Crippen LogP contribution in [0.25, 0.3) is 0 Å². The SMILES string of the molecule is O=[N+]([O-])/C=C1\NCCN1Cc1ccc(OCC(F)(F)F)nc1. The molecule has 22 heavy (non-hydrogen) atoms. The number of halogens is 3. The van der Waals surface area contributed by atoms with Crippen LogP contribution in [0.5, 0.6) is 5.88 Å². The minimum absolute atomic E-state index is 0.123. The van der Waals surface area contributed by atoms with E-state index in [1.807, 2.05) is 0 Å². The van der Waals surface area contributed by atoms with Crippen LogP contribution in [0.3, 0.4) is 0 Å². The Morgan fingerprint density at radius 2 is 2.27 bits per heavy atom. The van der Waals surface area contributed by atoms with Gasteiger partial charge >= 0.3 is 6.18 Å². The maximum absolute atomic E-state index is 12.0. The predicted molar refractivity (Wildman–Crippen MR) is 69.3 cm³/mol. The molecule has 1 aliphatic rings. The molecule has 10 heteroatoms. The molecule has 1 saturated heterocycles. The lowest BCUT2D eigenvalue weighted by Crippen LogP contribution is -2.21. The molecule has 7 nitrogen and oxygen atoms in total. The van der Waals surface area contributed by atoms with E-state index in [1.54, 1.807) is 11.0 Å². The van der Waals surface area contributed by atoms with Gasteiger partial charge in [-0.2, -0.15) is 13.2 Å². The number of alkyl halides is 3. The zero-order chi connectivity index (χ0) is 16.2. The van der Waals surface area contributed by atoms with E-state index in [1.165, 1.54) is 12.3 Å². The molecule has 2 rings (SSSR count). The zero-order valence-corrected chi connectivity index (χ0v) is 11.3. The molecular formula is C12H13F3N4O3. The quantitative estimate of drug-likeness (QED) is 0.655. The van der Waals surface area contributed by atoms with Gasteiger partial charge in [-0.25, -0.2) is 4.98 Å². The molecule has 120 valence electrons. The fourth-order valence-electron chi connectivity index (χ4n) is 1.91. The van der Waals surface area contributed by atoms with Crippen molar-refractivity contribution < 1.29 is 22.8 Å². The highest BCUT2D eigenvalue weighted by molar-refractivity contribution is 5.19. The number of hydrogen-bond acceptors (Lipinski definition) is 6. The molecule has 1 aromatic heterocycles. The average molecular weight is 318 g/mol. The molecular weight excluding hydrogens is 305 g/mol. The second kappa shape index (κ2) is 6.50. The molecule has 0 saturated carbocycles. The first-order valence-corrected chi connectivity index (χ1v) is 6.32. The number of pyridine rings is 1. The highest BCUT2D eigenvalue weighted by Crippen LogP contribution is 2.18. The van der Waals surface area contributed by atoms with E-state index in [9.17, 15) is 23.3 Å². The van der Waals surface area contributed by atoms with Crippen LogP contribution in [0, 0.1) is 10.1 Å². The summed E-state index contributed by atoms with van der Waals surface area (Å²) in [6.07, 6.45) is -2.15. The molecule has 0 radical (unpaired) electrons. The standard InChI is InChI=1S/C12H13F3N4O3/c13-12(14,15)8-22-11-2-1-9(5-17-11)6-18-4-3-16-10(18)7-19(20)21/h1-2,5,7,16H,3-4,6,8H2/b10-7+. The van der Waals surface area contributed by atoms with Crippen LogP contribution in [0.15, 0.2) is 30.4 Å². The molecule has 1 aromatic rings. The third-order valence-electron chi connectivity index (χ3n) is 2.81. The molecule has 1 N–H and O–H groups in total. The molecule has 1 fully saturated rings. The Morgan fingerprint density at radius 3 is 2.86 bits per heavy atom. The lowest BCUT2D eigenvalue weighted by atomic mass is 10.2. The largest absolute Gasteiger partial charge is 0.468 e. The summed E-state index contributed by atoms with van der Waals surface area (Å²) in [5.74, 6) is 0.268. The van der Waals surface area contributed by atoms with E-state index in [0.29, 0.717) is 31.0 Å². The monoisotopic (exact) mass is 318 g/mol. The third kappa shape index (κ3) is 4.79. The zero-order valence-electron chi connectivity index (χ0n) is 11.3. The third-order valence-corrected chi connectivity index (χ3v) is 2.81. The first kappa shape index (κ1) is 15.9. The molecule has 0 aliphatic carbocycles. The minimum Gasteiger partial charge on any atom is -0.468 e. The van der Waals surface area contributed by atoms with E-state index in [2.05, 4.69) is 15.0 Å². The maximum atomic E-state index is 12.0. The summed E-state index contributed by atoms with van der Waals surface area (Å²) >= 11 is 0. The Labute approximate surface area is 123 Å². The van der Waals surface area contributed by atoms with Crippen LogP contribution in [0.1, 0.15) is 5.56 Å². The summed E-state index contributed by atoms with van der Waals surface area (Å²) < 4.78 is 40.5. The van der Waals surface area contributed by atoms with Crippen LogP contribution < -0.4 is 10.1 Å². The molecule has 0 aromatic carbocycles. The van der Waals surface area contributed by atoms with E-state index >= 15 is 0 Å². The second-order valence-corrected chi connectivity index (χ2v) is 4.56. The van der Waals surface area contributed by atoms with Crippen molar-refractivity contribution in [2.24, 2.45) is 0 Å². The Bertz CT molecular complexity index is 560. The number of ether oxygens (including phenoxy) is 1. The van der Waals surface area contributed by atoms with Gasteiger partial charge in [0.25, 0.3) is 6.20 Å². The van der Waals surface area contributed by atoms with Crippen LogP contribution in [-0.4, -0.2) is 40.7 Å². The maximum Gasteiger partial charge on any atom is 0.422 e. The smallest absolute Gasteiger partial charge is 0.422 e. The molecule has 0 atom stereocenters.